The molecule has 2 aliphatic rings. The van der Waals surface area contributed by atoms with Crippen molar-refractivity contribution in [1.29, 1.82) is 0 Å². The maximum absolute atomic E-state index is 13.5. The lowest BCUT2D eigenvalue weighted by molar-refractivity contribution is -0.139. The average Bonchev–Trinajstić information content (AvgIpc) is 3.31. The number of rotatable bonds is 5. The second-order valence-electron chi connectivity index (χ2n) is 7.91. The maximum atomic E-state index is 13.5. The van der Waals surface area contributed by atoms with E-state index in [-0.39, 0.29) is 35.3 Å². The van der Waals surface area contributed by atoms with Crippen LogP contribution in [0.1, 0.15) is 40.7 Å². The number of carboxylic acid groups (broad SMARTS) is 1. The number of H-pyrrole nitrogens is 2. The molecule has 0 unspecified atom stereocenters. The molecule has 4 N–H and O–H groups in total. The van der Waals surface area contributed by atoms with E-state index in [9.17, 15) is 19.2 Å². The summed E-state index contributed by atoms with van der Waals surface area (Å²) in [6.07, 6.45) is 0.816. The number of carbonyl (C=O) groups excluding carboxylic acids is 1. The molecule has 3 heterocycles. The molecule has 10 heteroatoms. The van der Waals surface area contributed by atoms with E-state index in [0.29, 0.717) is 23.3 Å². The summed E-state index contributed by atoms with van der Waals surface area (Å²) in [5.74, 6) is -1.62. The van der Waals surface area contributed by atoms with Crippen LogP contribution in [0.5, 0.6) is 5.75 Å². The Labute approximate surface area is 190 Å². The molecule has 1 aliphatic heterocycles. The lowest BCUT2D eigenvalue weighted by Crippen LogP contribution is -2.37. The van der Waals surface area contributed by atoms with Crippen LogP contribution in [0.4, 0.5) is 5.82 Å². The fourth-order valence-corrected chi connectivity index (χ4v) is 5.41. The van der Waals surface area contributed by atoms with Crippen LogP contribution >= 0.6 is 11.3 Å². The zero-order valence-corrected chi connectivity index (χ0v) is 18.0. The van der Waals surface area contributed by atoms with Crippen molar-refractivity contribution < 1.29 is 19.4 Å². The Kier molecular flexibility index (Phi) is 5.21. The van der Waals surface area contributed by atoms with Crippen LogP contribution in [0.15, 0.2) is 62.6 Å². The summed E-state index contributed by atoms with van der Waals surface area (Å²) in [5, 5.41) is 14.2. The van der Waals surface area contributed by atoms with Crippen molar-refractivity contribution in [3.63, 3.8) is 0 Å². The van der Waals surface area contributed by atoms with E-state index >= 15 is 0 Å². The van der Waals surface area contributed by atoms with E-state index in [0.717, 1.165) is 4.88 Å². The lowest BCUT2D eigenvalue weighted by Gasteiger charge is -2.35. The van der Waals surface area contributed by atoms with Crippen LogP contribution in [-0.4, -0.2) is 33.4 Å². The molecule has 0 amide bonds. The summed E-state index contributed by atoms with van der Waals surface area (Å²) in [6, 6.07) is 10.6. The van der Waals surface area contributed by atoms with Gasteiger partial charge in [0.2, 0.25) is 0 Å². The summed E-state index contributed by atoms with van der Waals surface area (Å²) >= 11 is 1.58. The van der Waals surface area contributed by atoms with Gasteiger partial charge in [-0.2, -0.15) is 0 Å². The predicted octanol–water partition coefficient (Wildman–Crippen LogP) is 2.55. The SMILES string of the molecule is O=C(O)COc1ccccc1[C@@H]1C2=C(C[C@H](c3cccs3)CC2=O)Nc2[nH]c(=O)[nH]c(=O)c21. The zero-order valence-electron chi connectivity index (χ0n) is 17.2. The molecule has 9 nitrogen and oxygen atoms in total. The number of hydrogen-bond donors (Lipinski definition) is 4. The Bertz CT molecular complexity index is 1400. The highest BCUT2D eigenvalue weighted by molar-refractivity contribution is 7.10. The van der Waals surface area contributed by atoms with Crippen molar-refractivity contribution >= 4 is 28.9 Å². The fraction of sp³-hybridized carbons (Fsp3) is 0.217. The van der Waals surface area contributed by atoms with Gasteiger partial charge < -0.3 is 15.2 Å². The monoisotopic (exact) mass is 465 g/mol. The number of aromatic nitrogens is 2. The topological polar surface area (TPSA) is 141 Å². The number of fused-ring (bicyclic) bond motifs is 1. The zero-order chi connectivity index (χ0) is 23.1. The molecule has 0 fully saturated rings. The highest BCUT2D eigenvalue weighted by atomic mass is 32.1. The van der Waals surface area contributed by atoms with Gasteiger partial charge in [0.15, 0.2) is 12.4 Å². The number of aliphatic carboxylic acids is 1. The van der Waals surface area contributed by atoms with Gasteiger partial charge in [-0.3, -0.25) is 19.6 Å². The Morgan fingerprint density at radius 3 is 2.67 bits per heavy atom. The van der Waals surface area contributed by atoms with Gasteiger partial charge in [-0.05, 0) is 23.9 Å². The van der Waals surface area contributed by atoms with Gasteiger partial charge in [-0.1, -0.05) is 24.3 Å². The van der Waals surface area contributed by atoms with Crippen molar-refractivity contribution in [2.45, 2.75) is 24.7 Å². The number of thiophene rings is 1. The molecule has 1 aromatic carbocycles. The first-order valence-corrected chi connectivity index (χ1v) is 11.2. The number of allylic oxidation sites excluding steroid dienone is 2. The molecular weight excluding hydrogens is 446 g/mol. The summed E-state index contributed by atoms with van der Waals surface area (Å²) in [4.78, 5) is 55.4. The van der Waals surface area contributed by atoms with Gasteiger partial charge in [-0.25, -0.2) is 9.59 Å². The van der Waals surface area contributed by atoms with Crippen molar-refractivity contribution in [2.24, 2.45) is 0 Å². The van der Waals surface area contributed by atoms with Crippen LogP contribution in [0, 0.1) is 0 Å². The maximum Gasteiger partial charge on any atom is 0.341 e. The van der Waals surface area contributed by atoms with Crippen molar-refractivity contribution in [3.05, 3.63) is 89.9 Å². The highest BCUT2D eigenvalue weighted by Crippen LogP contribution is 2.48. The number of aromatic amines is 2. The molecule has 2 aromatic heterocycles. The van der Waals surface area contributed by atoms with Gasteiger partial charge in [0.25, 0.3) is 5.56 Å². The predicted molar refractivity (Wildman–Crippen MR) is 121 cm³/mol. The van der Waals surface area contributed by atoms with Gasteiger partial charge in [0.05, 0.1) is 11.5 Å². The van der Waals surface area contributed by atoms with Crippen LogP contribution in [0.2, 0.25) is 0 Å². The Morgan fingerprint density at radius 1 is 1.09 bits per heavy atom. The molecule has 0 bridgehead atoms. The summed E-state index contributed by atoms with van der Waals surface area (Å²) in [5.41, 5.74) is 0.438. The quantitative estimate of drug-likeness (QED) is 0.454. The number of benzene rings is 1. The number of carbonyl (C=O) groups is 2. The standard InChI is InChI=1S/C23H19N3O6S/c27-14-9-11(16-6-3-7-33-16)8-13-19(14)18(20-21(24-13)25-23(31)26-22(20)30)12-4-1-2-5-15(12)32-10-17(28)29/h1-7,11,18H,8-10H2,(H,28,29)(H3,24,25,26,30,31)/t11-,18+/m0/s1. The second kappa shape index (κ2) is 8.21. The summed E-state index contributed by atoms with van der Waals surface area (Å²) in [6.45, 7) is -0.572. The first-order chi connectivity index (χ1) is 15.9. The normalized spacial score (nSPS) is 19.5. The van der Waals surface area contributed by atoms with E-state index < -0.39 is 29.7 Å². The first kappa shape index (κ1) is 21.0. The van der Waals surface area contributed by atoms with E-state index in [2.05, 4.69) is 15.3 Å². The molecule has 2 atom stereocenters. The smallest absolute Gasteiger partial charge is 0.341 e. The van der Waals surface area contributed by atoms with Crippen LogP contribution in [0.25, 0.3) is 0 Å². The third-order valence-corrected chi connectivity index (χ3v) is 6.90. The van der Waals surface area contributed by atoms with E-state index in [1.54, 1.807) is 35.6 Å². The van der Waals surface area contributed by atoms with Crippen molar-refractivity contribution in [1.82, 2.24) is 9.97 Å². The van der Waals surface area contributed by atoms with E-state index in [4.69, 9.17) is 9.84 Å². The number of ether oxygens (including phenoxy) is 1. The highest BCUT2D eigenvalue weighted by Gasteiger charge is 2.41. The molecule has 0 radical (unpaired) electrons. The van der Waals surface area contributed by atoms with Gasteiger partial charge >= 0.3 is 11.7 Å². The minimum atomic E-state index is -1.15. The molecule has 0 saturated heterocycles. The molecule has 5 rings (SSSR count). The number of para-hydroxylation sites is 1. The summed E-state index contributed by atoms with van der Waals surface area (Å²) < 4.78 is 5.49. The first-order valence-electron chi connectivity index (χ1n) is 10.3. The Morgan fingerprint density at radius 2 is 1.91 bits per heavy atom. The molecule has 3 aromatic rings. The van der Waals surface area contributed by atoms with Gasteiger partial charge in [-0.15, -0.1) is 11.3 Å². The van der Waals surface area contributed by atoms with Crippen molar-refractivity contribution in [3.8, 4) is 5.75 Å². The number of nitrogens with one attached hydrogen (secondary N) is 3. The van der Waals surface area contributed by atoms with E-state index in [1.165, 1.54) is 0 Å². The van der Waals surface area contributed by atoms with Crippen LogP contribution in [-0.2, 0) is 9.59 Å². The molecular formula is C23H19N3O6S. The van der Waals surface area contributed by atoms with Crippen LogP contribution < -0.4 is 21.3 Å². The number of carboxylic acids is 1. The van der Waals surface area contributed by atoms with E-state index in [1.807, 2.05) is 17.5 Å². The third-order valence-electron chi connectivity index (χ3n) is 5.87. The molecule has 0 spiro atoms. The van der Waals surface area contributed by atoms with Crippen molar-refractivity contribution in [2.75, 3.05) is 11.9 Å². The minimum absolute atomic E-state index is 0.0156. The third kappa shape index (κ3) is 3.78. The van der Waals surface area contributed by atoms with Gasteiger partial charge in [0.1, 0.15) is 11.6 Å². The lowest BCUT2D eigenvalue weighted by atomic mass is 9.73. The summed E-state index contributed by atoms with van der Waals surface area (Å²) in [7, 11) is 0. The molecule has 0 saturated carbocycles. The van der Waals surface area contributed by atoms with Crippen LogP contribution in [0.3, 0.4) is 0 Å². The number of Topliss-reactive ketones (excluding diaryl/α,β-unsaturated/α-hetero) is 1. The molecule has 1 aliphatic carbocycles. The number of anilines is 1. The largest absolute Gasteiger partial charge is 0.482 e. The Hall–Kier alpha value is -3.92. The Balaban J connectivity index is 1.69. The molecule has 33 heavy (non-hydrogen) atoms. The average molecular weight is 465 g/mol. The molecule has 168 valence electrons. The minimum Gasteiger partial charge on any atom is -0.482 e. The van der Waals surface area contributed by atoms with Gasteiger partial charge in [0, 0.05) is 34.0 Å². The number of ketones is 1. The number of hydrogen-bond acceptors (Lipinski definition) is 7. The fourth-order valence-electron chi connectivity index (χ4n) is 4.58. The second-order valence-corrected chi connectivity index (χ2v) is 8.89.